The highest BCUT2D eigenvalue weighted by atomic mass is 32.1. The fourth-order valence-corrected chi connectivity index (χ4v) is 2.50. The first-order valence-electron chi connectivity index (χ1n) is 4.84. The Labute approximate surface area is 98.8 Å². The van der Waals surface area contributed by atoms with Gasteiger partial charge >= 0.3 is 0 Å². The van der Waals surface area contributed by atoms with Crippen LogP contribution in [0.5, 0.6) is 0 Å². The Bertz CT molecular complexity index is 549. The number of hydrogen-bond donors (Lipinski definition) is 1. The van der Waals surface area contributed by atoms with Gasteiger partial charge in [-0.2, -0.15) is 0 Å². The maximum atomic E-state index is 5.10. The van der Waals surface area contributed by atoms with Crippen molar-refractivity contribution in [2.75, 3.05) is 0 Å². The van der Waals surface area contributed by atoms with Gasteiger partial charge in [-0.05, 0) is 55.7 Å². The molecule has 1 heterocycles. The van der Waals surface area contributed by atoms with Gasteiger partial charge in [0.15, 0.2) is 3.95 Å². The standard InChI is InChI=1S/C12H13NS2/c1-7-4-9(3)10(5-8(7)2)11-6-15-12(14)13-11/h4-6H,1-3H3,(H,13,14). The smallest absolute Gasteiger partial charge is 0.158 e. The van der Waals surface area contributed by atoms with Crippen LogP contribution in [-0.2, 0) is 0 Å². The fourth-order valence-electron chi connectivity index (χ4n) is 1.66. The van der Waals surface area contributed by atoms with Crippen molar-refractivity contribution in [1.82, 2.24) is 4.98 Å². The van der Waals surface area contributed by atoms with Crippen LogP contribution in [0.2, 0.25) is 0 Å². The molecule has 0 spiro atoms. The van der Waals surface area contributed by atoms with Crippen molar-refractivity contribution in [2.45, 2.75) is 20.8 Å². The first kappa shape index (κ1) is 10.6. The van der Waals surface area contributed by atoms with Gasteiger partial charge < -0.3 is 4.98 Å². The van der Waals surface area contributed by atoms with E-state index in [4.69, 9.17) is 12.2 Å². The van der Waals surface area contributed by atoms with Crippen molar-refractivity contribution < 1.29 is 0 Å². The summed E-state index contributed by atoms with van der Waals surface area (Å²) >= 11 is 6.67. The van der Waals surface area contributed by atoms with Crippen molar-refractivity contribution in [2.24, 2.45) is 0 Å². The Morgan fingerprint density at radius 3 is 2.33 bits per heavy atom. The van der Waals surface area contributed by atoms with Gasteiger partial charge in [0, 0.05) is 10.9 Å². The molecule has 0 saturated carbocycles. The molecule has 1 N–H and O–H groups in total. The third-order valence-electron chi connectivity index (χ3n) is 2.65. The summed E-state index contributed by atoms with van der Waals surface area (Å²) in [4.78, 5) is 3.21. The molecule has 0 aliphatic heterocycles. The fraction of sp³-hybridized carbons (Fsp3) is 0.250. The van der Waals surface area contributed by atoms with Gasteiger partial charge in [0.1, 0.15) is 0 Å². The Hall–Kier alpha value is -0.930. The zero-order chi connectivity index (χ0) is 11.0. The predicted molar refractivity (Wildman–Crippen MR) is 69.2 cm³/mol. The van der Waals surface area contributed by atoms with E-state index in [-0.39, 0.29) is 0 Å². The number of benzene rings is 1. The van der Waals surface area contributed by atoms with Crippen LogP contribution in [0.4, 0.5) is 0 Å². The lowest BCUT2D eigenvalue weighted by molar-refractivity contribution is 1.28. The van der Waals surface area contributed by atoms with Crippen LogP contribution >= 0.6 is 23.6 Å². The van der Waals surface area contributed by atoms with Gasteiger partial charge in [-0.1, -0.05) is 6.07 Å². The van der Waals surface area contributed by atoms with Gasteiger partial charge in [0.25, 0.3) is 0 Å². The second-order valence-electron chi connectivity index (χ2n) is 3.81. The van der Waals surface area contributed by atoms with E-state index in [1.165, 1.54) is 22.3 Å². The van der Waals surface area contributed by atoms with Crippen LogP contribution in [0.3, 0.4) is 0 Å². The van der Waals surface area contributed by atoms with Crippen molar-refractivity contribution in [3.05, 3.63) is 38.2 Å². The van der Waals surface area contributed by atoms with Crippen molar-refractivity contribution in [1.29, 1.82) is 0 Å². The largest absolute Gasteiger partial charge is 0.337 e. The van der Waals surface area contributed by atoms with Crippen LogP contribution in [-0.4, -0.2) is 4.98 Å². The molecule has 0 unspecified atom stereocenters. The molecule has 2 rings (SSSR count). The summed E-state index contributed by atoms with van der Waals surface area (Å²) in [5.74, 6) is 0. The number of thiazole rings is 1. The van der Waals surface area contributed by atoms with E-state index in [9.17, 15) is 0 Å². The minimum atomic E-state index is 0.836. The highest BCUT2D eigenvalue weighted by Gasteiger charge is 2.05. The second kappa shape index (κ2) is 3.91. The predicted octanol–water partition coefficient (Wildman–Crippen LogP) is 4.40. The Balaban J connectivity index is 2.63. The second-order valence-corrected chi connectivity index (χ2v) is 5.36. The van der Waals surface area contributed by atoms with Gasteiger partial charge in [0.2, 0.25) is 0 Å². The third kappa shape index (κ3) is 2.03. The van der Waals surface area contributed by atoms with Crippen LogP contribution in [0.15, 0.2) is 17.5 Å². The number of nitrogens with one attached hydrogen (secondary N) is 1. The molecule has 0 saturated heterocycles. The van der Waals surface area contributed by atoms with Crippen LogP contribution in [0, 0.1) is 24.7 Å². The molecule has 1 aromatic carbocycles. The number of aryl methyl sites for hydroxylation is 3. The molecule has 0 radical (unpaired) electrons. The molecule has 0 fully saturated rings. The van der Waals surface area contributed by atoms with E-state index in [1.54, 1.807) is 11.3 Å². The van der Waals surface area contributed by atoms with E-state index < -0.39 is 0 Å². The number of aromatic nitrogens is 1. The summed E-state index contributed by atoms with van der Waals surface area (Å²) in [7, 11) is 0. The minimum absolute atomic E-state index is 0.836. The lowest BCUT2D eigenvalue weighted by atomic mass is 9.99. The van der Waals surface area contributed by atoms with E-state index in [0.717, 1.165) is 9.65 Å². The molecule has 15 heavy (non-hydrogen) atoms. The molecule has 0 amide bonds. The highest BCUT2D eigenvalue weighted by Crippen LogP contribution is 2.26. The zero-order valence-electron chi connectivity index (χ0n) is 9.05. The molecule has 0 bridgehead atoms. The van der Waals surface area contributed by atoms with Gasteiger partial charge in [-0.3, -0.25) is 0 Å². The summed E-state index contributed by atoms with van der Waals surface area (Å²) in [6, 6.07) is 4.44. The molecule has 1 aromatic heterocycles. The quantitative estimate of drug-likeness (QED) is 0.724. The number of H-pyrrole nitrogens is 1. The molecule has 0 aliphatic carbocycles. The minimum Gasteiger partial charge on any atom is -0.337 e. The summed E-state index contributed by atoms with van der Waals surface area (Å²) in [5.41, 5.74) is 6.34. The maximum absolute atomic E-state index is 5.10. The first-order chi connectivity index (χ1) is 7.08. The maximum Gasteiger partial charge on any atom is 0.158 e. The molecular formula is C12H13NS2. The van der Waals surface area contributed by atoms with Crippen molar-refractivity contribution in [3.8, 4) is 11.3 Å². The monoisotopic (exact) mass is 235 g/mol. The molecular weight excluding hydrogens is 222 g/mol. The number of hydrogen-bond acceptors (Lipinski definition) is 2. The van der Waals surface area contributed by atoms with Crippen molar-refractivity contribution in [3.63, 3.8) is 0 Å². The Morgan fingerprint density at radius 1 is 1.07 bits per heavy atom. The summed E-state index contributed by atoms with van der Waals surface area (Å²) in [6.45, 7) is 6.41. The topological polar surface area (TPSA) is 15.8 Å². The highest BCUT2D eigenvalue weighted by molar-refractivity contribution is 7.73. The number of aromatic amines is 1. The SMILES string of the molecule is Cc1cc(C)c(-c2csc(=S)[nH]2)cc1C. The van der Waals surface area contributed by atoms with E-state index >= 15 is 0 Å². The zero-order valence-corrected chi connectivity index (χ0v) is 10.7. The first-order valence-corrected chi connectivity index (χ1v) is 6.13. The van der Waals surface area contributed by atoms with Gasteiger partial charge in [0.05, 0.1) is 5.69 Å². The van der Waals surface area contributed by atoms with Crippen LogP contribution in [0.1, 0.15) is 16.7 Å². The third-order valence-corrected chi connectivity index (χ3v) is 3.71. The molecule has 0 atom stereocenters. The number of rotatable bonds is 1. The summed E-state index contributed by atoms with van der Waals surface area (Å²) in [5, 5.41) is 2.08. The molecule has 78 valence electrons. The van der Waals surface area contributed by atoms with E-state index in [0.29, 0.717) is 0 Å². The van der Waals surface area contributed by atoms with Crippen molar-refractivity contribution >= 4 is 23.6 Å². The Kier molecular flexibility index (Phi) is 2.76. The van der Waals surface area contributed by atoms with E-state index in [2.05, 4.69) is 43.3 Å². The van der Waals surface area contributed by atoms with Crippen LogP contribution in [0.25, 0.3) is 11.3 Å². The summed E-state index contributed by atoms with van der Waals surface area (Å²) < 4.78 is 0.836. The lowest BCUT2D eigenvalue weighted by Crippen LogP contribution is -1.88. The molecule has 1 nitrogen and oxygen atoms in total. The average Bonchev–Trinajstić information content (AvgIpc) is 2.58. The molecule has 3 heteroatoms. The van der Waals surface area contributed by atoms with Gasteiger partial charge in [-0.15, -0.1) is 11.3 Å². The van der Waals surface area contributed by atoms with Gasteiger partial charge in [-0.25, -0.2) is 0 Å². The molecule has 2 aromatic rings. The van der Waals surface area contributed by atoms with Crippen LogP contribution < -0.4 is 0 Å². The Morgan fingerprint density at radius 2 is 1.73 bits per heavy atom. The normalized spacial score (nSPS) is 10.6. The summed E-state index contributed by atoms with van der Waals surface area (Å²) in [6.07, 6.45) is 0. The van der Waals surface area contributed by atoms with E-state index in [1.807, 2.05) is 0 Å². The molecule has 0 aliphatic rings. The average molecular weight is 235 g/mol. The lowest BCUT2D eigenvalue weighted by Gasteiger charge is -2.07.